The van der Waals surface area contributed by atoms with E-state index >= 15 is 0 Å². The van der Waals surface area contributed by atoms with Gasteiger partial charge in [0.25, 0.3) is 0 Å². The highest BCUT2D eigenvalue weighted by molar-refractivity contribution is 5.17. The normalized spacial score (nSPS) is 53.5. The molecule has 0 aliphatic heterocycles. The summed E-state index contributed by atoms with van der Waals surface area (Å²) in [5.74, 6) is 5.55. The second-order valence-corrected chi connectivity index (χ2v) is 9.03. The summed E-state index contributed by atoms with van der Waals surface area (Å²) in [7, 11) is 2.12. The van der Waals surface area contributed by atoms with E-state index in [2.05, 4.69) is 26.2 Å². The van der Waals surface area contributed by atoms with Gasteiger partial charge in [0.05, 0.1) is 0 Å². The number of hydrogen-bond acceptors (Lipinski definition) is 1. The van der Waals surface area contributed by atoms with Crippen LogP contribution < -0.4 is 5.32 Å². The predicted molar refractivity (Wildman–Crippen MR) is 79.9 cm³/mol. The number of rotatable bonds is 4. The molecule has 1 heteroatoms. The molecule has 0 saturated heterocycles. The van der Waals surface area contributed by atoms with Crippen molar-refractivity contribution >= 4 is 0 Å². The number of nitrogens with one attached hydrogen (secondary N) is 1. The average Bonchev–Trinajstić information content (AvgIpc) is 2.88. The Labute approximate surface area is 118 Å². The molecule has 19 heavy (non-hydrogen) atoms. The van der Waals surface area contributed by atoms with Crippen LogP contribution in [-0.4, -0.2) is 13.6 Å². The van der Waals surface area contributed by atoms with Gasteiger partial charge < -0.3 is 5.32 Å². The Bertz CT molecular complexity index is 344. The van der Waals surface area contributed by atoms with E-state index in [4.69, 9.17) is 0 Å². The second-order valence-electron chi connectivity index (χ2n) is 9.03. The molecule has 108 valence electrons. The molecule has 5 saturated carbocycles. The Balaban J connectivity index is 1.60. The zero-order valence-corrected chi connectivity index (χ0v) is 13.0. The summed E-state index contributed by atoms with van der Waals surface area (Å²) in [6.07, 6.45) is 10.9. The summed E-state index contributed by atoms with van der Waals surface area (Å²) in [5, 5.41) is 3.42. The van der Waals surface area contributed by atoms with Gasteiger partial charge in [0.1, 0.15) is 0 Å². The van der Waals surface area contributed by atoms with Crippen LogP contribution in [0.1, 0.15) is 58.8 Å². The summed E-state index contributed by atoms with van der Waals surface area (Å²) in [5.41, 5.74) is 1.34. The van der Waals surface area contributed by atoms with Crippen molar-refractivity contribution in [2.75, 3.05) is 13.6 Å². The van der Waals surface area contributed by atoms with Crippen molar-refractivity contribution in [3.8, 4) is 0 Å². The molecule has 1 atom stereocenters. The maximum absolute atomic E-state index is 3.42. The van der Waals surface area contributed by atoms with Gasteiger partial charge >= 0.3 is 0 Å². The van der Waals surface area contributed by atoms with E-state index in [9.17, 15) is 0 Å². The fourth-order valence-corrected chi connectivity index (χ4v) is 7.08. The third-order valence-electron chi connectivity index (χ3n) is 7.67. The Morgan fingerprint density at radius 3 is 1.89 bits per heavy atom. The lowest BCUT2D eigenvalue weighted by atomic mass is 9.48. The van der Waals surface area contributed by atoms with Gasteiger partial charge in [-0.15, -0.1) is 0 Å². The van der Waals surface area contributed by atoms with Crippen molar-refractivity contribution in [1.29, 1.82) is 0 Å². The predicted octanol–water partition coefficient (Wildman–Crippen LogP) is 4.08. The molecule has 0 heterocycles. The summed E-state index contributed by atoms with van der Waals surface area (Å²) < 4.78 is 0. The molecule has 5 aliphatic rings. The first kappa shape index (κ1) is 12.7. The average molecular weight is 261 g/mol. The maximum Gasteiger partial charge on any atom is -0.00463 e. The molecule has 5 fully saturated rings. The fraction of sp³-hybridized carbons (Fsp3) is 1.00. The summed E-state index contributed by atoms with van der Waals surface area (Å²) in [6, 6.07) is 0. The molecule has 1 N–H and O–H groups in total. The molecule has 0 aromatic carbocycles. The van der Waals surface area contributed by atoms with Crippen molar-refractivity contribution in [2.24, 2.45) is 40.4 Å². The van der Waals surface area contributed by atoms with Crippen LogP contribution >= 0.6 is 0 Å². The Morgan fingerprint density at radius 1 is 0.947 bits per heavy atom. The van der Waals surface area contributed by atoms with Crippen LogP contribution in [0.2, 0.25) is 0 Å². The first-order valence-corrected chi connectivity index (χ1v) is 8.70. The molecule has 4 bridgehead atoms. The topological polar surface area (TPSA) is 12.0 Å². The minimum absolute atomic E-state index is 0.629. The minimum atomic E-state index is 0.629. The van der Waals surface area contributed by atoms with Gasteiger partial charge in [-0.1, -0.05) is 13.8 Å². The van der Waals surface area contributed by atoms with Gasteiger partial charge in [0.2, 0.25) is 0 Å². The zero-order valence-electron chi connectivity index (χ0n) is 13.0. The van der Waals surface area contributed by atoms with E-state index in [1.54, 1.807) is 32.1 Å². The van der Waals surface area contributed by atoms with Crippen LogP contribution in [0.5, 0.6) is 0 Å². The van der Waals surface area contributed by atoms with E-state index in [-0.39, 0.29) is 0 Å². The first-order valence-electron chi connectivity index (χ1n) is 8.70. The molecular formula is C18H31N. The lowest BCUT2D eigenvalue weighted by molar-refractivity contribution is -0.0785. The largest absolute Gasteiger partial charge is 0.320 e. The SMILES string of the molecule is CNCCC1(C2C3CC4CC(C3)CC2C4)CC1(C)C. The highest BCUT2D eigenvalue weighted by Crippen LogP contribution is 2.76. The van der Waals surface area contributed by atoms with Crippen LogP contribution in [0.3, 0.4) is 0 Å². The quantitative estimate of drug-likeness (QED) is 0.804. The molecule has 1 unspecified atom stereocenters. The van der Waals surface area contributed by atoms with Gasteiger partial charge in [-0.25, -0.2) is 0 Å². The van der Waals surface area contributed by atoms with Gasteiger partial charge in [-0.2, -0.15) is 0 Å². The molecule has 0 aromatic heterocycles. The number of hydrogen-bond donors (Lipinski definition) is 1. The van der Waals surface area contributed by atoms with Crippen LogP contribution in [-0.2, 0) is 0 Å². The van der Waals surface area contributed by atoms with Crippen molar-refractivity contribution in [3.63, 3.8) is 0 Å². The van der Waals surface area contributed by atoms with Gasteiger partial charge in [-0.05, 0) is 99.0 Å². The first-order chi connectivity index (χ1) is 9.06. The lowest BCUT2D eigenvalue weighted by Gasteiger charge is -2.57. The minimum Gasteiger partial charge on any atom is -0.320 e. The zero-order chi connectivity index (χ0) is 13.3. The highest BCUT2D eigenvalue weighted by Gasteiger charge is 2.68. The van der Waals surface area contributed by atoms with Crippen LogP contribution in [0, 0.1) is 40.4 Å². The lowest BCUT2D eigenvalue weighted by Crippen LogP contribution is -2.49. The smallest absolute Gasteiger partial charge is 0.00463 e. The molecule has 5 rings (SSSR count). The van der Waals surface area contributed by atoms with E-state index in [0.717, 1.165) is 29.6 Å². The van der Waals surface area contributed by atoms with Crippen LogP contribution in [0.25, 0.3) is 0 Å². The van der Waals surface area contributed by atoms with Crippen molar-refractivity contribution in [3.05, 3.63) is 0 Å². The molecule has 5 aliphatic carbocycles. The standard InChI is InChI=1S/C18H31N/c1-17(2)11-18(17,4-5-19-3)16-14-7-12-6-13(9-14)10-15(16)8-12/h12-16,19H,4-11H2,1-3H3. The van der Waals surface area contributed by atoms with E-state index in [1.807, 2.05) is 0 Å². The van der Waals surface area contributed by atoms with E-state index in [0.29, 0.717) is 10.8 Å². The Kier molecular flexibility index (Phi) is 2.67. The molecule has 1 nitrogen and oxygen atoms in total. The van der Waals surface area contributed by atoms with Crippen LogP contribution in [0.4, 0.5) is 0 Å². The summed E-state index contributed by atoms with van der Waals surface area (Å²) in [6.45, 7) is 6.33. The Hall–Kier alpha value is -0.0400. The van der Waals surface area contributed by atoms with E-state index in [1.165, 1.54) is 19.4 Å². The van der Waals surface area contributed by atoms with Crippen LogP contribution in [0.15, 0.2) is 0 Å². The molecule has 0 spiro atoms. The van der Waals surface area contributed by atoms with Gasteiger partial charge in [0.15, 0.2) is 0 Å². The highest BCUT2D eigenvalue weighted by atomic mass is 14.8. The Morgan fingerprint density at radius 2 is 1.47 bits per heavy atom. The summed E-state index contributed by atoms with van der Waals surface area (Å²) in [4.78, 5) is 0. The monoisotopic (exact) mass is 261 g/mol. The molecule has 0 amide bonds. The molecular weight excluding hydrogens is 230 g/mol. The fourth-order valence-electron chi connectivity index (χ4n) is 7.08. The molecule has 0 aromatic rings. The summed E-state index contributed by atoms with van der Waals surface area (Å²) >= 11 is 0. The van der Waals surface area contributed by atoms with Crippen molar-refractivity contribution < 1.29 is 0 Å². The van der Waals surface area contributed by atoms with Gasteiger partial charge in [0, 0.05) is 0 Å². The molecule has 0 radical (unpaired) electrons. The maximum atomic E-state index is 3.42. The van der Waals surface area contributed by atoms with Gasteiger partial charge in [-0.3, -0.25) is 0 Å². The van der Waals surface area contributed by atoms with E-state index < -0.39 is 0 Å². The van der Waals surface area contributed by atoms with Crippen molar-refractivity contribution in [1.82, 2.24) is 5.32 Å². The second kappa shape index (κ2) is 4.00. The third kappa shape index (κ3) is 1.69. The third-order valence-corrected chi connectivity index (χ3v) is 7.67. The van der Waals surface area contributed by atoms with Crippen molar-refractivity contribution in [2.45, 2.75) is 58.8 Å².